The van der Waals surface area contributed by atoms with Crippen LogP contribution in [0, 0.1) is 12.8 Å². The first-order valence-corrected chi connectivity index (χ1v) is 7.77. The van der Waals surface area contributed by atoms with E-state index in [4.69, 9.17) is 16.3 Å². The molecule has 0 spiro atoms. The molecule has 0 saturated heterocycles. The lowest BCUT2D eigenvalue weighted by Gasteiger charge is -2.17. The van der Waals surface area contributed by atoms with Gasteiger partial charge in [0.15, 0.2) is 0 Å². The molecule has 2 nitrogen and oxygen atoms in total. The van der Waals surface area contributed by atoms with Crippen LogP contribution in [0.15, 0.2) is 18.2 Å². The summed E-state index contributed by atoms with van der Waals surface area (Å²) in [5, 5.41) is 3.91. The Bertz CT molecular complexity index is 448. The summed E-state index contributed by atoms with van der Waals surface area (Å²) >= 11 is 6.29. The first-order valence-electron chi connectivity index (χ1n) is 7.33. The van der Waals surface area contributed by atoms with Gasteiger partial charge < -0.3 is 10.1 Å². The van der Waals surface area contributed by atoms with Crippen molar-refractivity contribution in [3.63, 3.8) is 0 Å². The van der Waals surface area contributed by atoms with E-state index >= 15 is 0 Å². The third-order valence-electron chi connectivity index (χ3n) is 4.30. The molecular weight excluding hydrogens is 258 g/mol. The van der Waals surface area contributed by atoms with E-state index in [9.17, 15) is 0 Å². The number of fused-ring (bicyclic) bond motifs is 1. The highest BCUT2D eigenvalue weighted by atomic mass is 35.5. The maximum atomic E-state index is 6.29. The molecular formula is C16H22ClNO. The molecule has 1 saturated carbocycles. The van der Waals surface area contributed by atoms with E-state index < -0.39 is 0 Å². The zero-order valence-electron chi connectivity index (χ0n) is 11.5. The summed E-state index contributed by atoms with van der Waals surface area (Å²) in [5.41, 5.74) is 2.66. The molecule has 3 heteroatoms. The zero-order valence-corrected chi connectivity index (χ0v) is 12.2. The monoisotopic (exact) mass is 279 g/mol. The summed E-state index contributed by atoms with van der Waals surface area (Å²) in [6.07, 6.45) is 5.04. The average molecular weight is 280 g/mol. The molecule has 3 rings (SSSR count). The summed E-state index contributed by atoms with van der Waals surface area (Å²) in [7, 11) is 0. The van der Waals surface area contributed by atoms with Gasteiger partial charge >= 0.3 is 0 Å². The molecule has 0 bridgehead atoms. The smallest absolute Gasteiger partial charge is 0.123 e. The summed E-state index contributed by atoms with van der Waals surface area (Å²) in [5.74, 6) is 1.71. The standard InChI is InChI=1S/C16H22ClNO/c1-11-5-6-16-13(7-11)8-14(19-16)10-18-9-12-3-2-4-15(12)17/h5-7,12,14-15,18H,2-4,8-10H2,1H3. The number of halogens is 1. The Kier molecular flexibility index (Phi) is 3.99. The number of hydrogen-bond donors (Lipinski definition) is 1. The highest BCUT2D eigenvalue weighted by Gasteiger charge is 2.26. The van der Waals surface area contributed by atoms with E-state index in [0.29, 0.717) is 11.3 Å². The zero-order chi connectivity index (χ0) is 13.2. The molecule has 1 fully saturated rings. The van der Waals surface area contributed by atoms with Gasteiger partial charge in [-0.15, -0.1) is 11.6 Å². The van der Waals surface area contributed by atoms with E-state index in [2.05, 4.69) is 30.4 Å². The van der Waals surface area contributed by atoms with Crippen LogP contribution >= 0.6 is 11.6 Å². The van der Waals surface area contributed by atoms with Crippen molar-refractivity contribution < 1.29 is 4.74 Å². The molecule has 19 heavy (non-hydrogen) atoms. The fourth-order valence-corrected chi connectivity index (χ4v) is 3.58. The Balaban J connectivity index is 1.46. The third kappa shape index (κ3) is 3.06. The predicted octanol–water partition coefficient (Wildman–Crippen LogP) is 3.30. The molecule has 1 aromatic carbocycles. The number of ether oxygens (including phenoxy) is 1. The Labute approximate surface area is 120 Å². The van der Waals surface area contributed by atoms with E-state index in [-0.39, 0.29) is 6.10 Å². The van der Waals surface area contributed by atoms with Gasteiger partial charge in [0.1, 0.15) is 11.9 Å². The number of rotatable bonds is 4. The molecule has 1 aliphatic carbocycles. The minimum atomic E-state index is 0.284. The highest BCUT2D eigenvalue weighted by molar-refractivity contribution is 6.20. The van der Waals surface area contributed by atoms with Crippen LogP contribution in [0.25, 0.3) is 0 Å². The van der Waals surface area contributed by atoms with Gasteiger partial charge in [-0.05, 0) is 43.9 Å². The SMILES string of the molecule is Cc1ccc2c(c1)CC(CNCC1CCCC1Cl)O2. The minimum Gasteiger partial charge on any atom is -0.488 e. The van der Waals surface area contributed by atoms with Crippen molar-refractivity contribution in [2.75, 3.05) is 13.1 Å². The van der Waals surface area contributed by atoms with Gasteiger partial charge in [-0.2, -0.15) is 0 Å². The van der Waals surface area contributed by atoms with E-state index in [1.54, 1.807) is 0 Å². The fourth-order valence-electron chi connectivity index (χ4n) is 3.21. The highest BCUT2D eigenvalue weighted by Crippen LogP contribution is 2.30. The molecule has 1 heterocycles. The van der Waals surface area contributed by atoms with Gasteiger partial charge in [-0.3, -0.25) is 0 Å². The van der Waals surface area contributed by atoms with Crippen LogP contribution in [0.4, 0.5) is 0 Å². The van der Waals surface area contributed by atoms with Crippen molar-refractivity contribution in [3.05, 3.63) is 29.3 Å². The van der Waals surface area contributed by atoms with Crippen molar-refractivity contribution in [1.82, 2.24) is 5.32 Å². The summed E-state index contributed by atoms with van der Waals surface area (Å²) in [4.78, 5) is 0. The topological polar surface area (TPSA) is 21.3 Å². The Morgan fingerprint density at radius 1 is 1.32 bits per heavy atom. The van der Waals surface area contributed by atoms with Crippen molar-refractivity contribution in [2.24, 2.45) is 5.92 Å². The van der Waals surface area contributed by atoms with Gasteiger partial charge in [-0.1, -0.05) is 24.1 Å². The molecule has 1 aliphatic heterocycles. The summed E-state index contributed by atoms with van der Waals surface area (Å²) in [6.45, 7) is 4.09. The van der Waals surface area contributed by atoms with Crippen molar-refractivity contribution in [3.8, 4) is 5.75 Å². The van der Waals surface area contributed by atoms with Gasteiger partial charge in [0.05, 0.1) is 0 Å². The minimum absolute atomic E-state index is 0.284. The maximum Gasteiger partial charge on any atom is 0.123 e. The maximum absolute atomic E-state index is 6.29. The molecule has 3 unspecified atom stereocenters. The molecule has 0 amide bonds. The molecule has 0 radical (unpaired) electrons. The quantitative estimate of drug-likeness (QED) is 0.854. The normalized spacial score (nSPS) is 29.3. The molecule has 2 aliphatic rings. The van der Waals surface area contributed by atoms with Crippen LogP contribution in [0.1, 0.15) is 30.4 Å². The second kappa shape index (κ2) is 5.72. The third-order valence-corrected chi connectivity index (χ3v) is 4.88. The van der Waals surface area contributed by atoms with E-state index in [0.717, 1.165) is 25.3 Å². The van der Waals surface area contributed by atoms with Gasteiger partial charge in [0, 0.05) is 18.3 Å². The van der Waals surface area contributed by atoms with Crippen LogP contribution in [-0.2, 0) is 6.42 Å². The fraction of sp³-hybridized carbons (Fsp3) is 0.625. The lowest BCUT2D eigenvalue weighted by Crippen LogP contribution is -2.34. The number of benzene rings is 1. The van der Waals surface area contributed by atoms with Gasteiger partial charge in [-0.25, -0.2) is 0 Å². The van der Waals surface area contributed by atoms with Crippen LogP contribution < -0.4 is 10.1 Å². The predicted molar refractivity (Wildman–Crippen MR) is 79.2 cm³/mol. The van der Waals surface area contributed by atoms with Crippen LogP contribution in [0.2, 0.25) is 0 Å². The Morgan fingerprint density at radius 3 is 3.00 bits per heavy atom. The largest absolute Gasteiger partial charge is 0.488 e. The number of nitrogens with one attached hydrogen (secondary N) is 1. The van der Waals surface area contributed by atoms with Crippen molar-refractivity contribution in [2.45, 2.75) is 44.1 Å². The first kappa shape index (κ1) is 13.3. The summed E-state index contributed by atoms with van der Waals surface area (Å²) in [6, 6.07) is 6.45. The van der Waals surface area contributed by atoms with Crippen LogP contribution in [0.3, 0.4) is 0 Å². The summed E-state index contributed by atoms with van der Waals surface area (Å²) < 4.78 is 5.96. The van der Waals surface area contributed by atoms with Crippen LogP contribution in [0.5, 0.6) is 5.75 Å². The lowest BCUT2D eigenvalue weighted by atomic mass is 10.1. The van der Waals surface area contributed by atoms with E-state index in [1.165, 1.54) is 30.4 Å². The molecule has 1 N–H and O–H groups in total. The van der Waals surface area contributed by atoms with Gasteiger partial charge in [0.2, 0.25) is 0 Å². The Morgan fingerprint density at radius 2 is 2.21 bits per heavy atom. The molecule has 0 aromatic heterocycles. The lowest BCUT2D eigenvalue weighted by molar-refractivity contribution is 0.225. The second-order valence-corrected chi connectivity index (χ2v) is 6.48. The molecule has 1 aromatic rings. The molecule has 3 atom stereocenters. The number of hydrogen-bond acceptors (Lipinski definition) is 2. The average Bonchev–Trinajstić information content (AvgIpc) is 2.95. The van der Waals surface area contributed by atoms with Crippen molar-refractivity contribution >= 4 is 11.6 Å². The van der Waals surface area contributed by atoms with E-state index in [1.807, 2.05) is 0 Å². The van der Waals surface area contributed by atoms with Crippen molar-refractivity contribution in [1.29, 1.82) is 0 Å². The van der Waals surface area contributed by atoms with Gasteiger partial charge in [0.25, 0.3) is 0 Å². The number of aryl methyl sites for hydroxylation is 1. The number of alkyl halides is 1. The first-order chi connectivity index (χ1) is 9.22. The molecule has 104 valence electrons. The van der Waals surface area contributed by atoms with Crippen LogP contribution in [-0.4, -0.2) is 24.6 Å². The second-order valence-electron chi connectivity index (χ2n) is 5.92. The Hall–Kier alpha value is -0.730.